The SMILES string of the molecule is CCC/C(=C\c1cc(OC)ccc1OC)C(=O)c1ccc(OC)c(N)c1. The smallest absolute Gasteiger partial charge is 0.189 e. The molecule has 0 unspecified atom stereocenters. The number of benzene rings is 2. The molecule has 0 aliphatic carbocycles. The van der Waals surface area contributed by atoms with E-state index in [1.54, 1.807) is 39.5 Å². The summed E-state index contributed by atoms with van der Waals surface area (Å²) < 4.78 is 15.9. The Morgan fingerprint density at radius 1 is 1.00 bits per heavy atom. The Morgan fingerprint density at radius 3 is 2.27 bits per heavy atom. The highest BCUT2D eigenvalue weighted by Crippen LogP contribution is 2.29. The van der Waals surface area contributed by atoms with E-state index in [4.69, 9.17) is 19.9 Å². The largest absolute Gasteiger partial charge is 0.497 e. The first-order valence-electron chi connectivity index (χ1n) is 8.44. The van der Waals surface area contributed by atoms with E-state index in [1.807, 2.05) is 31.2 Å². The average molecular weight is 355 g/mol. The molecule has 138 valence electrons. The van der Waals surface area contributed by atoms with Crippen LogP contribution in [0.25, 0.3) is 6.08 Å². The quantitative estimate of drug-likeness (QED) is 0.433. The van der Waals surface area contributed by atoms with E-state index < -0.39 is 0 Å². The van der Waals surface area contributed by atoms with E-state index in [0.717, 1.165) is 12.0 Å². The summed E-state index contributed by atoms with van der Waals surface area (Å²) in [7, 11) is 4.75. The van der Waals surface area contributed by atoms with Crippen molar-refractivity contribution in [1.82, 2.24) is 0 Å². The van der Waals surface area contributed by atoms with Crippen molar-refractivity contribution in [3.63, 3.8) is 0 Å². The van der Waals surface area contributed by atoms with Gasteiger partial charge in [-0.3, -0.25) is 4.79 Å². The van der Waals surface area contributed by atoms with Crippen LogP contribution in [0, 0.1) is 0 Å². The zero-order valence-corrected chi connectivity index (χ0v) is 15.7. The molecular formula is C21H25NO4. The monoisotopic (exact) mass is 355 g/mol. The van der Waals surface area contributed by atoms with Crippen molar-refractivity contribution in [3.8, 4) is 17.2 Å². The van der Waals surface area contributed by atoms with Crippen molar-refractivity contribution in [3.05, 3.63) is 53.1 Å². The van der Waals surface area contributed by atoms with E-state index in [9.17, 15) is 4.79 Å². The fraction of sp³-hybridized carbons (Fsp3) is 0.286. The van der Waals surface area contributed by atoms with Crippen molar-refractivity contribution >= 4 is 17.5 Å². The van der Waals surface area contributed by atoms with Crippen molar-refractivity contribution in [1.29, 1.82) is 0 Å². The van der Waals surface area contributed by atoms with E-state index in [0.29, 0.717) is 40.5 Å². The number of allylic oxidation sites excluding steroid dienone is 1. The van der Waals surface area contributed by atoms with E-state index >= 15 is 0 Å². The first-order chi connectivity index (χ1) is 12.5. The van der Waals surface area contributed by atoms with Crippen molar-refractivity contribution in [2.45, 2.75) is 19.8 Å². The van der Waals surface area contributed by atoms with Gasteiger partial charge in [-0.25, -0.2) is 0 Å². The maximum atomic E-state index is 13.0. The molecule has 0 radical (unpaired) electrons. The Balaban J connectivity index is 2.46. The van der Waals surface area contributed by atoms with Crippen molar-refractivity contribution in [2.24, 2.45) is 0 Å². The van der Waals surface area contributed by atoms with Gasteiger partial charge in [-0.1, -0.05) is 13.3 Å². The fourth-order valence-corrected chi connectivity index (χ4v) is 2.72. The van der Waals surface area contributed by atoms with Crippen molar-refractivity contribution < 1.29 is 19.0 Å². The minimum Gasteiger partial charge on any atom is -0.497 e. The number of hydrogen-bond donors (Lipinski definition) is 1. The number of anilines is 1. The van der Waals surface area contributed by atoms with Gasteiger partial charge in [0.15, 0.2) is 5.78 Å². The Bertz CT molecular complexity index is 812. The van der Waals surface area contributed by atoms with Gasteiger partial charge in [0.25, 0.3) is 0 Å². The molecule has 0 bridgehead atoms. The highest BCUT2D eigenvalue weighted by atomic mass is 16.5. The van der Waals surface area contributed by atoms with Crippen LogP contribution in [-0.2, 0) is 0 Å². The summed E-state index contributed by atoms with van der Waals surface area (Å²) in [6.45, 7) is 2.03. The normalized spacial score (nSPS) is 11.2. The van der Waals surface area contributed by atoms with Gasteiger partial charge in [0.05, 0.1) is 27.0 Å². The Kier molecular flexibility index (Phi) is 6.67. The van der Waals surface area contributed by atoms with E-state index in [-0.39, 0.29) is 5.78 Å². The molecule has 0 saturated heterocycles. The number of rotatable bonds is 8. The molecule has 0 heterocycles. The first-order valence-corrected chi connectivity index (χ1v) is 8.44. The topological polar surface area (TPSA) is 70.8 Å². The molecule has 0 aromatic heterocycles. The van der Waals surface area contributed by atoms with Gasteiger partial charge in [-0.15, -0.1) is 0 Å². The van der Waals surface area contributed by atoms with Crippen LogP contribution in [0.15, 0.2) is 42.0 Å². The standard InChI is InChI=1S/C21H25NO4/c1-5-6-14(11-16-12-17(24-2)8-10-19(16)25-3)21(23)15-7-9-20(26-4)18(22)13-15/h7-13H,5-6,22H2,1-4H3/b14-11+. The van der Waals surface area contributed by atoms with Crippen LogP contribution in [-0.4, -0.2) is 27.1 Å². The molecule has 0 spiro atoms. The second-order valence-electron chi connectivity index (χ2n) is 5.81. The third kappa shape index (κ3) is 4.36. The lowest BCUT2D eigenvalue weighted by molar-refractivity contribution is 0.103. The zero-order valence-electron chi connectivity index (χ0n) is 15.7. The fourth-order valence-electron chi connectivity index (χ4n) is 2.72. The Morgan fingerprint density at radius 2 is 1.69 bits per heavy atom. The van der Waals surface area contributed by atoms with Crippen LogP contribution in [0.4, 0.5) is 5.69 Å². The molecule has 0 amide bonds. The van der Waals surface area contributed by atoms with Gasteiger partial charge in [0.1, 0.15) is 17.2 Å². The minimum atomic E-state index is -0.0638. The molecule has 2 rings (SSSR count). The maximum absolute atomic E-state index is 13.0. The van der Waals surface area contributed by atoms with Crippen LogP contribution >= 0.6 is 0 Å². The van der Waals surface area contributed by atoms with E-state index in [1.165, 1.54) is 0 Å². The molecular weight excluding hydrogens is 330 g/mol. The lowest BCUT2D eigenvalue weighted by Gasteiger charge is -2.11. The minimum absolute atomic E-state index is 0.0638. The number of ether oxygens (including phenoxy) is 3. The number of carbonyl (C=O) groups is 1. The number of carbonyl (C=O) groups excluding carboxylic acids is 1. The average Bonchev–Trinajstić information content (AvgIpc) is 2.66. The lowest BCUT2D eigenvalue weighted by Crippen LogP contribution is -2.05. The summed E-state index contributed by atoms with van der Waals surface area (Å²) in [5.41, 5.74) is 8.40. The molecule has 5 nitrogen and oxygen atoms in total. The van der Waals surface area contributed by atoms with Crippen LogP contribution in [0.1, 0.15) is 35.7 Å². The predicted molar refractivity (Wildman–Crippen MR) is 104 cm³/mol. The van der Waals surface area contributed by atoms with Crippen LogP contribution < -0.4 is 19.9 Å². The third-order valence-corrected chi connectivity index (χ3v) is 4.07. The Labute approximate surface area is 154 Å². The number of nitrogen functional groups attached to an aromatic ring is 1. The summed E-state index contributed by atoms with van der Waals surface area (Å²) in [5, 5.41) is 0. The molecule has 2 aromatic rings. The van der Waals surface area contributed by atoms with Gasteiger partial charge in [-0.05, 0) is 48.9 Å². The number of nitrogens with two attached hydrogens (primary N) is 1. The maximum Gasteiger partial charge on any atom is 0.189 e. The molecule has 0 aliphatic rings. The summed E-state index contributed by atoms with van der Waals surface area (Å²) in [6.07, 6.45) is 3.34. The summed E-state index contributed by atoms with van der Waals surface area (Å²) in [4.78, 5) is 13.0. The molecule has 0 fully saturated rings. The molecule has 0 aliphatic heterocycles. The Hall–Kier alpha value is -2.95. The van der Waals surface area contributed by atoms with Gasteiger partial charge in [0.2, 0.25) is 0 Å². The lowest BCUT2D eigenvalue weighted by atomic mass is 9.96. The number of ketones is 1. The van der Waals surface area contributed by atoms with Crippen LogP contribution in [0.2, 0.25) is 0 Å². The van der Waals surface area contributed by atoms with Gasteiger partial charge in [-0.2, -0.15) is 0 Å². The molecule has 0 saturated carbocycles. The van der Waals surface area contributed by atoms with E-state index in [2.05, 4.69) is 0 Å². The van der Waals surface area contributed by atoms with Gasteiger partial charge >= 0.3 is 0 Å². The second-order valence-corrected chi connectivity index (χ2v) is 5.81. The van der Waals surface area contributed by atoms with Gasteiger partial charge < -0.3 is 19.9 Å². The molecule has 2 aromatic carbocycles. The highest BCUT2D eigenvalue weighted by molar-refractivity contribution is 6.12. The molecule has 5 heteroatoms. The van der Waals surface area contributed by atoms with Crippen LogP contribution in [0.3, 0.4) is 0 Å². The predicted octanol–water partition coefficient (Wildman–Crippen LogP) is 4.36. The summed E-state index contributed by atoms with van der Waals surface area (Å²) in [5.74, 6) is 1.87. The summed E-state index contributed by atoms with van der Waals surface area (Å²) >= 11 is 0. The number of Topliss-reactive ketones (excluding diaryl/α,β-unsaturated/α-hetero) is 1. The van der Waals surface area contributed by atoms with Crippen LogP contribution in [0.5, 0.6) is 17.2 Å². The second kappa shape index (κ2) is 8.94. The zero-order chi connectivity index (χ0) is 19.1. The number of methoxy groups -OCH3 is 3. The first kappa shape index (κ1) is 19.4. The molecule has 2 N–H and O–H groups in total. The highest BCUT2D eigenvalue weighted by Gasteiger charge is 2.15. The summed E-state index contributed by atoms with van der Waals surface area (Å²) in [6, 6.07) is 10.6. The molecule has 26 heavy (non-hydrogen) atoms. The third-order valence-electron chi connectivity index (χ3n) is 4.07. The van der Waals surface area contributed by atoms with Crippen molar-refractivity contribution in [2.75, 3.05) is 27.1 Å². The molecule has 0 atom stereocenters. The van der Waals surface area contributed by atoms with Gasteiger partial charge in [0, 0.05) is 16.7 Å². The number of hydrogen-bond acceptors (Lipinski definition) is 5.